The van der Waals surface area contributed by atoms with Gasteiger partial charge in [-0.15, -0.1) is 0 Å². The summed E-state index contributed by atoms with van der Waals surface area (Å²) in [7, 11) is 7.02. The van der Waals surface area contributed by atoms with Gasteiger partial charge in [0, 0.05) is 43.3 Å². The number of allylic oxidation sites excluding steroid dienone is 1. The molecule has 3 aromatic rings. The lowest BCUT2D eigenvalue weighted by atomic mass is 9.66. The molecule has 2 aliphatic heterocycles. The van der Waals surface area contributed by atoms with E-state index < -0.39 is 40.3 Å². The number of methoxy groups -OCH3 is 3. The molecule has 6 rings (SSSR count). The number of aromatic nitrogens is 2. The SMILES string of the molecule is COc1cc([C@H]2C3=C(C[C@@H](C)[C@]4(Oc5c(Cl)c(OC)cc(OC)c5C4=O)C3=O)Nc3c2c(=O)n(C)c(=O)n3C)ccc1O. The molecule has 3 heterocycles. The molecular weight excluding hydrogens is 582 g/mol. The van der Waals surface area contributed by atoms with Crippen molar-refractivity contribution in [3.05, 3.63) is 78.1 Å². The van der Waals surface area contributed by atoms with E-state index in [4.69, 9.17) is 30.5 Å². The molecule has 0 bridgehead atoms. The largest absolute Gasteiger partial charge is 0.504 e. The number of hydrogen-bond acceptors (Lipinski definition) is 10. The number of phenols is 1. The van der Waals surface area contributed by atoms with Crippen molar-refractivity contribution in [1.29, 1.82) is 0 Å². The number of nitrogens with one attached hydrogen (secondary N) is 1. The highest BCUT2D eigenvalue weighted by Crippen LogP contribution is 2.56. The van der Waals surface area contributed by atoms with E-state index in [0.29, 0.717) is 11.3 Å². The van der Waals surface area contributed by atoms with Gasteiger partial charge in [-0.3, -0.25) is 23.5 Å². The molecule has 3 aliphatic rings. The Morgan fingerprint density at radius 1 is 0.977 bits per heavy atom. The Labute approximate surface area is 250 Å². The van der Waals surface area contributed by atoms with Crippen molar-refractivity contribution in [1.82, 2.24) is 9.13 Å². The van der Waals surface area contributed by atoms with Crippen molar-refractivity contribution in [2.45, 2.75) is 24.9 Å². The van der Waals surface area contributed by atoms with E-state index in [-0.39, 0.29) is 62.7 Å². The highest BCUT2D eigenvalue weighted by Gasteiger charge is 2.63. The molecule has 2 aromatic carbocycles. The van der Waals surface area contributed by atoms with E-state index in [1.807, 2.05) is 0 Å². The number of rotatable bonds is 4. The van der Waals surface area contributed by atoms with Crippen LogP contribution in [0.1, 0.15) is 40.7 Å². The van der Waals surface area contributed by atoms with Gasteiger partial charge in [-0.25, -0.2) is 4.79 Å². The molecule has 1 spiro atoms. The fraction of sp³-hybridized carbons (Fsp3) is 0.333. The lowest BCUT2D eigenvalue weighted by Gasteiger charge is -2.42. The summed E-state index contributed by atoms with van der Waals surface area (Å²) in [4.78, 5) is 55.9. The van der Waals surface area contributed by atoms with Crippen molar-refractivity contribution < 1.29 is 33.6 Å². The third-order valence-electron chi connectivity index (χ3n) is 8.61. The Kier molecular flexibility index (Phi) is 6.38. The van der Waals surface area contributed by atoms with Crippen LogP contribution in [0.4, 0.5) is 5.82 Å². The predicted molar refractivity (Wildman–Crippen MR) is 155 cm³/mol. The molecule has 224 valence electrons. The van der Waals surface area contributed by atoms with Crippen LogP contribution in [-0.4, -0.2) is 52.7 Å². The standard InChI is InChI=1S/C30H28ClN3O9/c1-12-9-14-20(25(36)30(12)26(37)21-17(41-5)11-18(42-6)23(31)24(21)43-30)19(13-7-8-15(35)16(10-13)40-4)22-27(32-14)33(2)29(39)34(3)28(22)38/h7-8,10-12,19,32,35H,9H2,1-6H3/t12-,19+,30+/m1/s1. The molecular formula is C30H28ClN3O9. The van der Waals surface area contributed by atoms with Gasteiger partial charge in [0.2, 0.25) is 17.2 Å². The maximum absolute atomic E-state index is 14.9. The summed E-state index contributed by atoms with van der Waals surface area (Å²) in [6.45, 7) is 1.71. The Balaban J connectivity index is 1.63. The molecule has 0 fully saturated rings. The van der Waals surface area contributed by atoms with Crippen molar-refractivity contribution in [3.63, 3.8) is 0 Å². The first-order valence-corrected chi connectivity index (χ1v) is 13.7. The molecule has 0 saturated carbocycles. The van der Waals surface area contributed by atoms with Gasteiger partial charge in [-0.2, -0.15) is 0 Å². The van der Waals surface area contributed by atoms with Crippen LogP contribution in [0.25, 0.3) is 0 Å². The van der Waals surface area contributed by atoms with Crippen molar-refractivity contribution in [2.75, 3.05) is 26.6 Å². The minimum atomic E-state index is -2.03. The lowest BCUT2D eigenvalue weighted by molar-refractivity contribution is -0.130. The van der Waals surface area contributed by atoms with Crippen LogP contribution < -0.4 is 35.5 Å². The van der Waals surface area contributed by atoms with Gasteiger partial charge in [0.15, 0.2) is 17.2 Å². The number of hydrogen-bond donors (Lipinski definition) is 2. The molecule has 43 heavy (non-hydrogen) atoms. The minimum Gasteiger partial charge on any atom is -0.504 e. The highest BCUT2D eigenvalue weighted by atomic mass is 35.5. The molecule has 2 N–H and O–H groups in total. The number of phenolic OH excluding ortho intramolecular Hbond substituents is 1. The van der Waals surface area contributed by atoms with Gasteiger partial charge < -0.3 is 29.4 Å². The smallest absolute Gasteiger partial charge is 0.332 e. The van der Waals surface area contributed by atoms with E-state index >= 15 is 0 Å². The molecule has 13 heteroatoms. The number of carbonyl (C=O) groups excluding carboxylic acids is 2. The van der Waals surface area contributed by atoms with Crippen LogP contribution in [0.3, 0.4) is 0 Å². The number of benzene rings is 2. The van der Waals surface area contributed by atoms with Crippen molar-refractivity contribution in [3.8, 4) is 28.7 Å². The van der Waals surface area contributed by atoms with Crippen LogP contribution >= 0.6 is 11.6 Å². The Bertz CT molecular complexity index is 1930. The Morgan fingerprint density at radius 3 is 2.30 bits per heavy atom. The average Bonchev–Trinajstić information content (AvgIpc) is 3.32. The maximum atomic E-state index is 14.9. The van der Waals surface area contributed by atoms with Crippen LogP contribution in [-0.2, 0) is 18.9 Å². The molecule has 0 radical (unpaired) electrons. The molecule has 1 aliphatic carbocycles. The number of Topliss-reactive ketones (excluding diaryl/α,β-unsaturated/α-hetero) is 2. The fourth-order valence-corrected chi connectivity index (χ4v) is 6.66. The summed E-state index contributed by atoms with van der Waals surface area (Å²) < 4.78 is 24.7. The van der Waals surface area contributed by atoms with E-state index in [0.717, 1.165) is 4.57 Å². The monoisotopic (exact) mass is 609 g/mol. The van der Waals surface area contributed by atoms with Gasteiger partial charge >= 0.3 is 5.69 Å². The molecule has 0 unspecified atom stereocenters. The summed E-state index contributed by atoms with van der Waals surface area (Å²) in [5, 5.41) is 13.5. The number of fused-ring (bicyclic) bond motifs is 2. The van der Waals surface area contributed by atoms with E-state index in [2.05, 4.69) is 5.32 Å². The van der Waals surface area contributed by atoms with Crippen molar-refractivity contribution >= 4 is 29.0 Å². The Hall–Kier alpha value is -4.71. The Morgan fingerprint density at radius 2 is 1.65 bits per heavy atom. The van der Waals surface area contributed by atoms with Crippen molar-refractivity contribution in [2.24, 2.45) is 20.0 Å². The summed E-state index contributed by atoms with van der Waals surface area (Å²) in [5.74, 6) is -2.60. The molecule has 12 nitrogen and oxygen atoms in total. The lowest BCUT2D eigenvalue weighted by Crippen LogP contribution is -2.58. The second-order valence-corrected chi connectivity index (χ2v) is 11.1. The third kappa shape index (κ3) is 3.62. The van der Waals surface area contributed by atoms with Gasteiger partial charge in [0.05, 0.1) is 26.9 Å². The quantitative estimate of drug-likeness (QED) is 0.423. The highest BCUT2D eigenvalue weighted by molar-refractivity contribution is 6.36. The van der Waals surface area contributed by atoms with Crippen LogP contribution in [0.15, 0.2) is 45.1 Å². The number of ether oxygens (including phenoxy) is 4. The van der Waals surface area contributed by atoms with Crippen LogP contribution in [0, 0.1) is 5.92 Å². The fourth-order valence-electron chi connectivity index (χ4n) is 6.40. The van der Waals surface area contributed by atoms with E-state index in [9.17, 15) is 24.3 Å². The topological polar surface area (TPSA) is 147 Å². The second kappa shape index (κ2) is 9.66. The zero-order valence-electron chi connectivity index (χ0n) is 24.2. The molecule has 1 aromatic heterocycles. The number of aromatic hydroxyl groups is 1. The van der Waals surface area contributed by atoms with Crippen LogP contribution in [0.2, 0.25) is 5.02 Å². The summed E-state index contributed by atoms with van der Waals surface area (Å²) in [6.07, 6.45) is 0.145. The second-order valence-electron chi connectivity index (χ2n) is 10.7. The summed E-state index contributed by atoms with van der Waals surface area (Å²) in [6, 6.07) is 5.91. The van der Waals surface area contributed by atoms with Gasteiger partial charge in [0.25, 0.3) is 5.56 Å². The first-order valence-electron chi connectivity index (χ1n) is 13.3. The van der Waals surface area contributed by atoms with Gasteiger partial charge in [-0.05, 0) is 24.1 Å². The molecule has 0 saturated heterocycles. The van der Waals surface area contributed by atoms with Crippen LogP contribution in [0.5, 0.6) is 28.7 Å². The van der Waals surface area contributed by atoms with Gasteiger partial charge in [0.1, 0.15) is 27.9 Å². The first-order chi connectivity index (χ1) is 20.4. The summed E-state index contributed by atoms with van der Waals surface area (Å²) in [5.41, 5.74) is -2.15. The molecule has 0 amide bonds. The number of carbonyl (C=O) groups is 2. The maximum Gasteiger partial charge on any atom is 0.332 e. The summed E-state index contributed by atoms with van der Waals surface area (Å²) >= 11 is 6.59. The third-order valence-corrected chi connectivity index (χ3v) is 8.97. The zero-order valence-corrected chi connectivity index (χ0v) is 24.9. The molecule has 3 atom stereocenters. The predicted octanol–water partition coefficient (Wildman–Crippen LogP) is 2.90. The van der Waals surface area contributed by atoms with E-state index in [1.54, 1.807) is 13.0 Å². The number of anilines is 1. The first kappa shape index (κ1) is 28.4. The average molecular weight is 610 g/mol. The minimum absolute atomic E-state index is 0.0131. The number of ketones is 2. The zero-order chi connectivity index (χ0) is 31.1. The number of nitrogens with zero attached hydrogens (tertiary/aromatic N) is 2. The normalized spacial score (nSPS) is 22.0. The van der Waals surface area contributed by atoms with Gasteiger partial charge in [-0.1, -0.05) is 24.6 Å². The number of halogens is 1. The van der Waals surface area contributed by atoms with E-state index in [1.165, 1.54) is 58.2 Å².